The second-order valence-corrected chi connectivity index (χ2v) is 14.4. The van der Waals surface area contributed by atoms with Crippen molar-refractivity contribution in [1.29, 1.82) is 0 Å². The fraction of sp³-hybridized carbons (Fsp3) is 0.0612. The molecule has 0 aliphatic heterocycles. The molecule has 11 rings (SSSR count). The molecular formula is C49H32O. The van der Waals surface area contributed by atoms with Gasteiger partial charge in [-0.1, -0.05) is 135 Å². The molecule has 9 aromatic carbocycles. The van der Waals surface area contributed by atoms with E-state index >= 15 is 0 Å². The van der Waals surface area contributed by atoms with Crippen molar-refractivity contribution in [2.45, 2.75) is 19.3 Å². The number of fused-ring (bicyclic) bond motifs is 12. The number of hydrogen-bond acceptors (Lipinski definition) is 1. The molecule has 1 nitrogen and oxygen atoms in total. The second kappa shape index (κ2) is 9.94. The van der Waals surface area contributed by atoms with Gasteiger partial charge >= 0.3 is 0 Å². The zero-order chi connectivity index (χ0) is 33.1. The summed E-state index contributed by atoms with van der Waals surface area (Å²) in [5.41, 5.74) is 12.1. The van der Waals surface area contributed by atoms with E-state index in [-0.39, 0.29) is 5.41 Å². The summed E-state index contributed by atoms with van der Waals surface area (Å²) >= 11 is 0. The standard InChI is InChI=1S/C49H32O/c1-49(2)43-28-33(46-35-15-7-4-12-30(35)26-41-34-14-6-3-11-29(34)19-22-38(41)46)20-23-39(43)47-40(25-31-13-5-8-16-36(31)48(47)49)32-21-24-45-42(27-32)37-17-9-10-18-44(37)50-45/h3-28H,1-2H3. The van der Waals surface area contributed by atoms with Crippen LogP contribution in [-0.2, 0) is 5.41 Å². The summed E-state index contributed by atoms with van der Waals surface area (Å²) in [6.45, 7) is 4.83. The molecule has 1 aliphatic carbocycles. The molecule has 1 aliphatic rings. The Labute approximate surface area is 290 Å². The van der Waals surface area contributed by atoms with E-state index in [4.69, 9.17) is 4.42 Å². The summed E-state index contributed by atoms with van der Waals surface area (Å²) in [7, 11) is 0. The Bertz CT molecular complexity index is 3060. The van der Waals surface area contributed by atoms with Gasteiger partial charge in [-0.3, -0.25) is 0 Å². The Hall–Kier alpha value is -6.18. The first-order valence-corrected chi connectivity index (χ1v) is 17.5. The molecular weight excluding hydrogens is 605 g/mol. The number of hydrogen-bond donors (Lipinski definition) is 0. The third-order valence-electron chi connectivity index (χ3n) is 11.4. The second-order valence-electron chi connectivity index (χ2n) is 14.4. The Kier molecular flexibility index (Phi) is 5.51. The number of rotatable bonds is 2. The first-order chi connectivity index (χ1) is 24.5. The molecule has 50 heavy (non-hydrogen) atoms. The molecule has 0 saturated carbocycles. The summed E-state index contributed by atoms with van der Waals surface area (Å²) in [6.07, 6.45) is 0. The van der Waals surface area contributed by atoms with Gasteiger partial charge in [0.05, 0.1) is 0 Å². The molecule has 1 heteroatoms. The van der Waals surface area contributed by atoms with E-state index in [1.54, 1.807) is 0 Å². The van der Waals surface area contributed by atoms with Crippen molar-refractivity contribution < 1.29 is 4.42 Å². The highest BCUT2D eigenvalue weighted by atomic mass is 16.3. The zero-order valence-electron chi connectivity index (χ0n) is 27.9. The minimum atomic E-state index is -0.212. The lowest BCUT2D eigenvalue weighted by Gasteiger charge is -2.24. The van der Waals surface area contributed by atoms with Crippen LogP contribution >= 0.6 is 0 Å². The zero-order valence-corrected chi connectivity index (χ0v) is 27.9. The maximum Gasteiger partial charge on any atom is 0.135 e. The topological polar surface area (TPSA) is 13.1 Å². The molecule has 0 unspecified atom stereocenters. The van der Waals surface area contributed by atoms with Gasteiger partial charge in [0.15, 0.2) is 0 Å². The van der Waals surface area contributed by atoms with Crippen LogP contribution in [0, 0.1) is 0 Å². The maximum atomic E-state index is 6.24. The van der Waals surface area contributed by atoms with E-state index in [0.717, 1.165) is 21.9 Å². The molecule has 0 spiro atoms. The number of benzene rings is 9. The van der Waals surface area contributed by atoms with Crippen LogP contribution in [0.1, 0.15) is 25.0 Å². The summed E-state index contributed by atoms with van der Waals surface area (Å²) in [5, 5.41) is 12.6. The molecule has 1 aromatic heterocycles. The average Bonchev–Trinajstić information content (AvgIpc) is 3.65. The van der Waals surface area contributed by atoms with Crippen LogP contribution in [-0.4, -0.2) is 0 Å². The van der Waals surface area contributed by atoms with Crippen molar-refractivity contribution in [2.24, 2.45) is 0 Å². The highest BCUT2D eigenvalue weighted by Gasteiger charge is 2.39. The lowest BCUT2D eigenvalue weighted by molar-refractivity contribution is 0.666. The van der Waals surface area contributed by atoms with Crippen LogP contribution in [0.2, 0.25) is 0 Å². The Balaban J connectivity index is 1.20. The van der Waals surface area contributed by atoms with Gasteiger partial charge in [0.2, 0.25) is 0 Å². The van der Waals surface area contributed by atoms with Gasteiger partial charge in [-0.05, 0) is 124 Å². The SMILES string of the molecule is CC1(C)c2cc(-c3c4ccccc4cc4c3ccc3ccccc34)ccc2-c2c(-c3ccc4oc5ccccc5c4c3)cc3ccccc3c21. The van der Waals surface area contributed by atoms with Crippen molar-refractivity contribution >= 4 is 65.0 Å². The molecule has 0 N–H and O–H groups in total. The largest absolute Gasteiger partial charge is 0.456 e. The van der Waals surface area contributed by atoms with E-state index in [0.29, 0.717) is 0 Å². The Morgan fingerprint density at radius 2 is 1.04 bits per heavy atom. The van der Waals surface area contributed by atoms with Crippen molar-refractivity contribution in [3.05, 3.63) is 169 Å². The van der Waals surface area contributed by atoms with Crippen molar-refractivity contribution in [3.63, 3.8) is 0 Å². The van der Waals surface area contributed by atoms with E-state index < -0.39 is 0 Å². The highest BCUT2D eigenvalue weighted by Crippen LogP contribution is 2.56. The number of furan rings is 1. The van der Waals surface area contributed by atoms with Crippen molar-refractivity contribution in [1.82, 2.24) is 0 Å². The van der Waals surface area contributed by atoms with Crippen molar-refractivity contribution in [2.75, 3.05) is 0 Å². The van der Waals surface area contributed by atoms with Crippen LogP contribution in [0.25, 0.3) is 98.4 Å². The van der Waals surface area contributed by atoms with Crippen LogP contribution in [0.5, 0.6) is 0 Å². The van der Waals surface area contributed by atoms with Crippen LogP contribution in [0.4, 0.5) is 0 Å². The minimum absolute atomic E-state index is 0.212. The molecule has 0 atom stereocenters. The fourth-order valence-electron chi connectivity index (χ4n) is 9.10. The van der Waals surface area contributed by atoms with Gasteiger partial charge in [-0.25, -0.2) is 0 Å². The first kappa shape index (κ1) is 27.7. The lowest BCUT2D eigenvalue weighted by Crippen LogP contribution is -2.15. The van der Waals surface area contributed by atoms with Gasteiger partial charge in [-0.15, -0.1) is 0 Å². The summed E-state index contributed by atoms with van der Waals surface area (Å²) in [5.74, 6) is 0. The third kappa shape index (κ3) is 3.72. The quantitative estimate of drug-likeness (QED) is 0.136. The predicted molar refractivity (Wildman–Crippen MR) is 212 cm³/mol. The Morgan fingerprint density at radius 3 is 1.88 bits per heavy atom. The summed E-state index contributed by atoms with van der Waals surface area (Å²) in [4.78, 5) is 0. The van der Waals surface area contributed by atoms with Gasteiger partial charge < -0.3 is 4.42 Å². The van der Waals surface area contributed by atoms with Crippen LogP contribution < -0.4 is 0 Å². The van der Waals surface area contributed by atoms with E-state index in [1.165, 1.54) is 87.6 Å². The molecule has 0 amide bonds. The molecule has 10 aromatic rings. The van der Waals surface area contributed by atoms with Gasteiger partial charge in [0, 0.05) is 16.2 Å². The summed E-state index contributed by atoms with van der Waals surface area (Å²) < 4.78 is 6.24. The highest BCUT2D eigenvalue weighted by molar-refractivity contribution is 6.20. The van der Waals surface area contributed by atoms with Crippen LogP contribution in [0.3, 0.4) is 0 Å². The van der Waals surface area contributed by atoms with E-state index in [1.807, 2.05) is 6.07 Å². The molecule has 0 fully saturated rings. The molecule has 0 bridgehead atoms. The smallest absolute Gasteiger partial charge is 0.135 e. The predicted octanol–water partition coefficient (Wildman–Crippen LogP) is 13.8. The molecule has 0 saturated heterocycles. The number of para-hydroxylation sites is 1. The molecule has 1 heterocycles. The third-order valence-corrected chi connectivity index (χ3v) is 11.4. The van der Waals surface area contributed by atoms with Crippen molar-refractivity contribution in [3.8, 4) is 33.4 Å². The monoisotopic (exact) mass is 636 g/mol. The maximum absolute atomic E-state index is 6.24. The van der Waals surface area contributed by atoms with Gasteiger partial charge in [-0.2, -0.15) is 0 Å². The van der Waals surface area contributed by atoms with E-state index in [9.17, 15) is 0 Å². The Morgan fingerprint density at radius 1 is 0.380 bits per heavy atom. The molecule has 234 valence electrons. The average molecular weight is 637 g/mol. The van der Waals surface area contributed by atoms with Gasteiger partial charge in [0.1, 0.15) is 11.2 Å². The summed E-state index contributed by atoms with van der Waals surface area (Å²) in [6, 6.07) is 58.3. The first-order valence-electron chi connectivity index (χ1n) is 17.5. The van der Waals surface area contributed by atoms with Crippen LogP contribution in [0.15, 0.2) is 162 Å². The normalized spacial score (nSPS) is 13.6. The van der Waals surface area contributed by atoms with Gasteiger partial charge in [0.25, 0.3) is 0 Å². The lowest BCUT2D eigenvalue weighted by atomic mass is 9.78. The minimum Gasteiger partial charge on any atom is -0.456 e. The molecule has 0 radical (unpaired) electrons. The van der Waals surface area contributed by atoms with E-state index in [2.05, 4.69) is 166 Å². The fourth-order valence-corrected chi connectivity index (χ4v) is 9.10.